The van der Waals surface area contributed by atoms with E-state index in [1.807, 2.05) is 0 Å². The molecule has 0 aliphatic carbocycles. The molecule has 0 rings (SSSR count). The second kappa shape index (κ2) is 39.0. The van der Waals surface area contributed by atoms with E-state index in [2.05, 4.69) is 74.6 Å². The number of unbranched alkanes of at least 4 members (excludes halogenated alkanes) is 19. The van der Waals surface area contributed by atoms with Crippen molar-refractivity contribution < 1.29 is 14.3 Å². The highest BCUT2D eigenvalue weighted by Gasteiger charge is 2.02. The quantitative estimate of drug-likeness (QED) is 0.0420. The molecular weight excluding hydrogens is 540 g/mol. The monoisotopic (exact) mass is 613 g/mol. The third kappa shape index (κ3) is 38.0. The minimum atomic E-state index is -0.513. The van der Waals surface area contributed by atoms with E-state index in [1.54, 1.807) is 0 Å². The summed E-state index contributed by atoms with van der Waals surface area (Å²) >= 11 is 0. The zero-order valence-electron chi connectivity index (χ0n) is 29.3. The number of allylic oxidation sites excluding steroid dienone is 10. The van der Waals surface area contributed by atoms with Gasteiger partial charge in [0.2, 0.25) is 0 Å². The number of carbonyl (C=O) groups excluding carboxylic acids is 1. The highest BCUT2D eigenvalue weighted by molar-refractivity contribution is 5.59. The molecule has 0 radical (unpaired) electrons. The molecule has 0 aromatic carbocycles. The van der Waals surface area contributed by atoms with E-state index in [9.17, 15) is 4.79 Å². The average Bonchev–Trinajstić information content (AvgIpc) is 3.03. The van der Waals surface area contributed by atoms with Crippen molar-refractivity contribution in [2.24, 2.45) is 0 Å². The fourth-order valence-electron chi connectivity index (χ4n) is 4.98. The summed E-state index contributed by atoms with van der Waals surface area (Å²) < 4.78 is 10.4. The SMILES string of the molecule is CCCCCC=CCC=CCC=CCC=CCCCCOC(=O)OCCCCCCCCC=CCCCCCCCCCC. The van der Waals surface area contributed by atoms with Gasteiger partial charge in [-0.25, -0.2) is 4.79 Å². The van der Waals surface area contributed by atoms with Gasteiger partial charge in [0.15, 0.2) is 0 Å². The molecule has 0 bridgehead atoms. The molecule has 0 N–H and O–H groups in total. The van der Waals surface area contributed by atoms with E-state index in [4.69, 9.17) is 9.47 Å². The van der Waals surface area contributed by atoms with Crippen LogP contribution in [-0.4, -0.2) is 19.4 Å². The maximum atomic E-state index is 11.7. The standard InChI is InChI=1S/C41H72O3/c1-3-5-7-9-11-13-15-17-19-21-23-25-27-29-31-33-35-37-39-43-41(42)44-40-38-36-34-32-30-28-26-24-22-20-18-16-14-12-10-8-6-4-2/h11,13,17,19,22-25,29,31H,3-10,12,14-16,18,20-21,26-28,30,32-40H2,1-2H3. The average molecular weight is 613 g/mol. The number of hydrogen-bond acceptors (Lipinski definition) is 3. The van der Waals surface area contributed by atoms with Crippen molar-refractivity contribution in [1.29, 1.82) is 0 Å². The predicted molar refractivity (Wildman–Crippen MR) is 194 cm³/mol. The summed E-state index contributed by atoms with van der Waals surface area (Å²) in [6.07, 6.45) is 54.1. The van der Waals surface area contributed by atoms with Gasteiger partial charge >= 0.3 is 6.16 Å². The van der Waals surface area contributed by atoms with E-state index >= 15 is 0 Å². The van der Waals surface area contributed by atoms with Gasteiger partial charge in [-0.15, -0.1) is 0 Å². The van der Waals surface area contributed by atoms with Gasteiger partial charge in [0.25, 0.3) is 0 Å². The molecular formula is C41H72O3. The van der Waals surface area contributed by atoms with E-state index in [1.165, 1.54) is 116 Å². The normalized spacial score (nSPS) is 12.2. The van der Waals surface area contributed by atoms with Crippen LogP contribution in [0, 0.1) is 0 Å². The minimum absolute atomic E-state index is 0.445. The molecule has 0 unspecified atom stereocenters. The molecule has 0 saturated carbocycles. The van der Waals surface area contributed by atoms with Crippen LogP contribution in [0.5, 0.6) is 0 Å². The third-order valence-electron chi connectivity index (χ3n) is 7.82. The fraction of sp³-hybridized carbons (Fsp3) is 0.732. The van der Waals surface area contributed by atoms with E-state index in [0.29, 0.717) is 13.2 Å². The van der Waals surface area contributed by atoms with Crippen molar-refractivity contribution in [2.45, 2.75) is 181 Å². The number of rotatable bonds is 33. The molecule has 0 atom stereocenters. The van der Waals surface area contributed by atoms with Crippen molar-refractivity contribution in [3.8, 4) is 0 Å². The molecule has 0 spiro atoms. The summed E-state index contributed by atoms with van der Waals surface area (Å²) in [7, 11) is 0. The van der Waals surface area contributed by atoms with Crippen molar-refractivity contribution >= 4 is 6.16 Å². The lowest BCUT2D eigenvalue weighted by molar-refractivity contribution is 0.0530. The Bertz CT molecular complexity index is 715. The zero-order valence-corrected chi connectivity index (χ0v) is 29.3. The van der Waals surface area contributed by atoms with E-state index in [-0.39, 0.29) is 0 Å². The van der Waals surface area contributed by atoms with Gasteiger partial charge < -0.3 is 9.47 Å². The Hall–Kier alpha value is -2.03. The minimum Gasteiger partial charge on any atom is -0.434 e. The molecule has 3 heteroatoms. The smallest absolute Gasteiger partial charge is 0.434 e. The van der Waals surface area contributed by atoms with Crippen molar-refractivity contribution in [3.05, 3.63) is 60.8 Å². The first kappa shape index (κ1) is 42.0. The van der Waals surface area contributed by atoms with Crippen LogP contribution in [0.15, 0.2) is 60.8 Å². The van der Waals surface area contributed by atoms with Gasteiger partial charge in [-0.1, -0.05) is 158 Å². The van der Waals surface area contributed by atoms with Crippen LogP contribution in [0.1, 0.15) is 181 Å². The summed E-state index contributed by atoms with van der Waals surface area (Å²) in [6.45, 7) is 5.45. The molecule has 0 saturated heterocycles. The van der Waals surface area contributed by atoms with Gasteiger partial charge in [-0.05, 0) is 83.5 Å². The summed E-state index contributed by atoms with van der Waals surface area (Å²) in [5, 5.41) is 0. The molecule has 0 aromatic heterocycles. The van der Waals surface area contributed by atoms with Crippen LogP contribution < -0.4 is 0 Å². The van der Waals surface area contributed by atoms with Gasteiger partial charge in [-0.2, -0.15) is 0 Å². The lowest BCUT2D eigenvalue weighted by atomic mass is 10.1. The molecule has 0 amide bonds. The van der Waals surface area contributed by atoms with Crippen LogP contribution in [0.3, 0.4) is 0 Å². The number of hydrogen-bond donors (Lipinski definition) is 0. The molecule has 0 aliphatic heterocycles. The Morgan fingerprint density at radius 2 is 0.636 bits per heavy atom. The van der Waals surface area contributed by atoms with Crippen LogP contribution in [0.4, 0.5) is 4.79 Å². The molecule has 254 valence electrons. The van der Waals surface area contributed by atoms with E-state index < -0.39 is 6.16 Å². The fourth-order valence-corrected chi connectivity index (χ4v) is 4.98. The van der Waals surface area contributed by atoms with Crippen LogP contribution in [-0.2, 0) is 9.47 Å². The van der Waals surface area contributed by atoms with Crippen molar-refractivity contribution in [3.63, 3.8) is 0 Å². The molecule has 44 heavy (non-hydrogen) atoms. The summed E-state index contributed by atoms with van der Waals surface area (Å²) in [4.78, 5) is 11.7. The van der Waals surface area contributed by atoms with Crippen molar-refractivity contribution in [2.75, 3.05) is 13.2 Å². The topological polar surface area (TPSA) is 35.5 Å². The molecule has 0 fully saturated rings. The van der Waals surface area contributed by atoms with Gasteiger partial charge in [0.05, 0.1) is 13.2 Å². The van der Waals surface area contributed by atoms with Crippen molar-refractivity contribution in [1.82, 2.24) is 0 Å². The first-order valence-corrected chi connectivity index (χ1v) is 18.9. The number of ether oxygens (including phenoxy) is 2. The maximum absolute atomic E-state index is 11.7. The Kier molecular flexibility index (Phi) is 37.2. The molecule has 0 aromatic rings. The van der Waals surface area contributed by atoms with Gasteiger partial charge in [0, 0.05) is 0 Å². The Balaban J connectivity index is 3.34. The first-order valence-electron chi connectivity index (χ1n) is 18.9. The summed E-state index contributed by atoms with van der Waals surface area (Å²) in [5.41, 5.74) is 0. The van der Waals surface area contributed by atoms with Gasteiger partial charge in [0.1, 0.15) is 0 Å². The second-order valence-electron chi connectivity index (χ2n) is 12.2. The summed E-state index contributed by atoms with van der Waals surface area (Å²) in [6, 6.07) is 0. The third-order valence-corrected chi connectivity index (χ3v) is 7.82. The first-order chi connectivity index (χ1) is 21.8. The Morgan fingerprint density at radius 1 is 0.364 bits per heavy atom. The van der Waals surface area contributed by atoms with Crippen LogP contribution >= 0.6 is 0 Å². The van der Waals surface area contributed by atoms with Gasteiger partial charge in [-0.3, -0.25) is 0 Å². The molecule has 0 heterocycles. The summed E-state index contributed by atoms with van der Waals surface area (Å²) in [5.74, 6) is 0. The Morgan fingerprint density at radius 3 is 1.09 bits per heavy atom. The zero-order chi connectivity index (χ0) is 31.9. The van der Waals surface area contributed by atoms with Crippen LogP contribution in [0.2, 0.25) is 0 Å². The lowest BCUT2D eigenvalue weighted by Crippen LogP contribution is -2.09. The molecule has 0 aliphatic rings. The van der Waals surface area contributed by atoms with E-state index in [0.717, 1.165) is 51.4 Å². The highest BCUT2D eigenvalue weighted by Crippen LogP contribution is 2.11. The molecule has 3 nitrogen and oxygen atoms in total. The Labute approximate surface area is 274 Å². The lowest BCUT2D eigenvalue weighted by Gasteiger charge is -2.06. The second-order valence-corrected chi connectivity index (χ2v) is 12.2. The maximum Gasteiger partial charge on any atom is 0.508 e. The van der Waals surface area contributed by atoms with Crippen LogP contribution in [0.25, 0.3) is 0 Å². The highest BCUT2D eigenvalue weighted by atomic mass is 16.7. The predicted octanol–water partition coefficient (Wildman–Crippen LogP) is 14.1. The largest absolute Gasteiger partial charge is 0.508 e. The number of carbonyl (C=O) groups is 1.